The average molecular weight is 243 g/mol. The van der Waals surface area contributed by atoms with Crippen molar-refractivity contribution >= 4 is 17.5 Å². The number of carbonyl (C=O) groups excluding carboxylic acids is 1. The highest BCUT2D eigenvalue weighted by molar-refractivity contribution is 6.33. The Bertz CT molecular complexity index is 358. The lowest BCUT2D eigenvalue weighted by atomic mass is 10.1. The molecule has 1 aromatic rings. The van der Waals surface area contributed by atoms with Crippen molar-refractivity contribution < 1.29 is 9.90 Å². The summed E-state index contributed by atoms with van der Waals surface area (Å²) < 4.78 is 0. The van der Waals surface area contributed by atoms with E-state index in [1.54, 1.807) is 6.07 Å². The van der Waals surface area contributed by atoms with Crippen molar-refractivity contribution in [3.05, 3.63) is 29.0 Å². The van der Waals surface area contributed by atoms with Crippen molar-refractivity contribution in [2.75, 3.05) is 6.61 Å². The van der Waals surface area contributed by atoms with E-state index in [-0.39, 0.29) is 18.6 Å². The fourth-order valence-corrected chi connectivity index (χ4v) is 1.56. The Hall–Kier alpha value is -1.13. The summed E-state index contributed by atoms with van der Waals surface area (Å²) in [4.78, 5) is 15.6. The van der Waals surface area contributed by atoms with Crippen LogP contribution in [0.5, 0.6) is 0 Å². The molecule has 1 atom stereocenters. The third-order valence-corrected chi connectivity index (χ3v) is 2.62. The predicted octanol–water partition coefficient (Wildman–Crippen LogP) is 1.63. The van der Waals surface area contributed by atoms with Crippen LogP contribution in [0.1, 0.15) is 30.1 Å². The first-order valence-corrected chi connectivity index (χ1v) is 5.58. The van der Waals surface area contributed by atoms with Crippen LogP contribution in [0.2, 0.25) is 5.02 Å². The highest BCUT2D eigenvalue weighted by Crippen LogP contribution is 2.13. The summed E-state index contributed by atoms with van der Waals surface area (Å²) in [5.74, 6) is -0.229. The van der Waals surface area contributed by atoms with Gasteiger partial charge in [-0.25, -0.2) is 0 Å². The number of rotatable bonds is 5. The molecule has 0 fully saturated rings. The second-order valence-corrected chi connectivity index (χ2v) is 3.85. The van der Waals surface area contributed by atoms with E-state index in [2.05, 4.69) is 10.3 Å². The summed E-state index contributed by atoms with van der Waals surface area (Å²) in [5.41, 5.74) is 0.410. The van der Waals surface area contributed by atoms with Crippen LogP contribution < -0.4 is 5.32 Å². The molecule has 0 aliphatic carbocycles. The van der Waals surface area contributed by atoms with E-state index in [9.17, 15) is 4.79 Å². The van der Waals surface area contributed by atoms with E-state index in [0.717, 1.165) is 6.42 Å². The summed E-state index contributed by atoms with van der Waals surface area (Å²) in [6, 6.07) is 1.55. The van der Waals surface area contributed by atoms with Crippen LogP contribution in [0.4, 0.5) is 0 Å². The van der Waals surface area contributed by atoms with E-state index in [4.69, 9.17) is 16.7 Å². The van der Waals surface area contributed by atoms with Gasteiger partial charge >= 0.3 is 0 Å². The zero-order chi connectivity index (χ0) is 12.0. The third kappa shape index (κ3) is 3.47. The number of pyridine rings is 1. The topological polar surface area (TPSA) is 62.2 Å². The predicted molar refractivity (Wildman–Crippen MR) is 62.5 cm³/mol. The number of hydrogen-bond donors (Lipinski definition) is 2. The second-order valence-electron chi connectivity index (χ2n) is 3.45. The van der Waals surface area contributed by atoms with Crippen molar-refractivity contribution in [3.63, 3.8) is 0 Å². The molecule has 4 nitrogen and oxygen atoms in total. The number of hydrogen-bond acceptors (Lipinski definition) is 3. The minimum Gasteiger partial charge on any atom is -0.396 e. The molecule has 0 spiro atoms. The molecule has 0 saturated heterocycles. The summed E-state index contributed by atoms with van der Waals surface area (Å²) in [7, 11) is 0. The molecule has 1 rings (SSSR count). The second kappa shape index (κ2) is 6.45. The van der Waals surface area contributed by atoms with Crippen molar-refractivity contribution in [2.45, 2.75) is 25.8 Å². The smallest absolute Gasteiger partial charge is 0.253 e. The normalized spacial score (nSPS) is 12.2. The van der Waals surface area contributed by atoms with Crippen LogP contribution in [0, 0.1) is 0 Å². The first-order chi connectivity index (χ1) is 7.69. The number of nitrogens with zero attached hydrogens (tertiary/aromatic N) is 1. The third-order valence-electron chi connectivity index (χ3n) is 2.32. The molecule has 1 heterocycles. The van der Waals surface area contributed by atoms with E-state index in [1.807, 2.05) is 6.92 Å². The van der Waals surface area contributed by atoms with Gasteiger partial charge in [-0.15, -0.1) is 0 Å². The molecule has 0 unspecified atom stereocenters. The molecule has 1 aromatic heterocycles. The SMILES string of the molecule is CC[C@@H](CCO)NC(=O)c1ccncc1Cl. The molecule has 0 saturated carbocycles. The van der Waals surface area contributed by atoms with Crippen molar-refractivity contribution in [3.8, 4) is 0 Å². The highest BCUT2D eigenvalue weighted by atomic mass is 35.5. The summed E-state index contributed by atoms with van der Waals surface area (Å²) in [5, 5.41) is 12.0. The molecule has 1 amide bonds. The Labute approximate surface area is 99.6 Å². The maximum absolute atomic E-state index is 11.8. The Balaban J connectivity index is 2.68. The fourth-order valence-electron chi connectivity index (χ4n) is 1.36. The average Bonchev–Trinajstić information content (AvgIpc) is 2.28. The highest BCUT2D eigenvalue weighted by Gasteiger charge is 2.14. The number of aliphatic hydroxyl groups excluding tert-OH is 1. The fraction of sp³-hybridized carbons (Fsp3) is 0.455. The van der Waals surface area contributed by atoms with Crippen LogP contribution in [-0.2, 0) is 0 Å². The van der Waals surface area contributed by atoms with Crippen LogP contribution in [0.25, 0.3) is 0 Å². The van der Waals surface area contributed by atoms with Crippen LogP contribution >= 0.6 is 11.6 Å². The van der Waals surface area contributed by atoms with Crippen molar-refractivity contribution in [1.29, 1.82) is 0 Å². The standard InChI is InChI=1S/C11H15ClN2O2/c1-2-8(4-6-15)14-11(16)9-3-5-13-7-10(9)12/h3,5,7-8,15H,2,4,6H2,1H3,(H,14,16)/t8-/m0/s1. The number of aromatic nitrogens is 1. The molecule has 0 aliphatic heterocycles. The number of halogens is 1. The molecule has 88 valence electrons. The number of nitrogens with one attached hydrogen (secondary N) is 1. The maximum atomic E-state index is 11.8. The largest absolute Gasteiger partial charge is 0.396 e. The molecule has 0 aromatic carbocycles. The molecular weight excluding hydrogens is 228 g/mol. The van der Waals surface area contributed by atoms with Gasteiger partial charge in [-0.05, 0) is 18.9 Å². The summed E-state index contributed by atoms with van der Waals surface area (Å²) in [6.45, 7) is 2.01. The van der Waals surface area contributed by atoms with Crippen LogP contribution in [0.15, 0.2) is 18.5 Å². The Morgan fingerprint density at radius 2 is 2.44 bits per heavy atom. The van der Waals surface area contributed by atoms with Gasteiger partial charge in [0, 0.05) is 25.0 Å². The van der Waals surface area contributed by atoms with Crippen LogP contribution in [0.3, 0.4) is 0 Å². The summed E-state index contributed by atoms with van der Waals surface area (Å²) in [6.07, 6.45) is 4.27. The monoisotopic (exact) mass is 242 g/mol. The molecule has 5 heteroatoms. The van der Waals surface area contributed by atoms with E-state index in [1.165, 1.54) is 12.4 Å². The molecule has 0 bridgehead atoms. The van der Waals surface area contributed by atoms with Gasteiger partial charge in [0.2, 0.25) is 0 Å². The van der Waals surface area contributed by atoms with Gasteiger partial charge in [0.15, 0.2) is 0 Å². The Morgan fingerprint density at radius 3 is 3.00 bits per heavy atom. The van der Waals surface area contributed by atoms with Crippen molar-refractivity contribution in [1.82, 2.24) is 10.3 Å². The number of aliphatic hydroxyl groups is 1. The minimum absolute atomic E-state index is 0.0262. The van der Waals surface area contributed by atoms with Gasteiger partial charge in [0.25, 0.3) is 5.91 Å². The van der Waals surface area contributed by atoms with Crippen molar-refractivity contribution in [2.24, 2.45) is 0 Å². The first kappa shape index (κ1) is 12.9. The molecule has 0 radical (unpaired) electrons. The van der Waals surface area contributed by atoms with Gasteiger partial charge in [-0.1, -0.05) is 18.5 Å². The van der Waals surface area contributed by atoms with Crippen LogP contribution in [-0.4, -0.2) is 28.6 Å². The lowest BCUT2D eigenvalue weighted by Crippen LogP contribution is -2.35. The van der Waals surface area contributed by atoms with E-state index >= 15 is 0 Å². The van der Waals surface area contributed by atoms with E-state index < -0.39 is 0 Å². The minimum atomic E-state index is -0.229. The molecular formula is C11H15ClN2O2. The molecule has 2 N–H and O–H groups in total. The molecule has 0 aliphatic rings. The summed E-state index contributed by atoms with van der Waals surface area (Å²) >= 11 is 5.85. The van der Waals surface area contributed by atoms with E-state index in [0.29, 0.717) is 17.0 Å². The van der Waals surface area contributed by atoms with Gasteiger partial charge in [-0.2, -0.15) is 0 Å². The number of carbonyl (C=O) groups is 1. The Kier molecular flexibility index (Phi) is 5.22. The molecule has 16 heavy (non-hydrogen) atoms. The lowest BCUT2D eigenvalue weighted by Gasteiger charge is -2.15. The van der Waals surface area contributed by atoms with Gasteiger partial charge in [0.1, 0.15) is 0 Å². The van der Waals surface area contributed by atoms with Gasteiger partial charge in [-0.3, -0.25) is 9.78 Å². The van der Waals surface area contributed by atoms with Gasteiger partial charge < -0.3 is 10.4 Å². The maximum Gasteiger partial charge on any atom is 0.253 e. The Morgan fingerprint density at radius 1 is 1.69 bits per heavy atom. The zero-order valence-electron chi connectivity index (χ0n) is 9.11. The quantitative estimate of drug-likeness (QED) is 0.825. The van der Waals surface area contributed by atoms with Gasteiger partial charge in [0.05, 0.1) is 10.6 Å². The zero-order valence-corrected chi connectivity index (χ0v) is 9.87. The number of amides is 1. The lowest BCUT2D eigenvalue weighted by molar-refractivity contribution is 0.0929. The first-order valence-electron chi connectivity index (χ1n) is 5.20.